The number of allylic oxidation sites excluding steroid dienone is 1. The second-order valence-electron chi connectivity index (χ2n) is 9.07. The number of methoxy groups -OCH3 is 1. The molecular formula is C26H35N7O. The van der Waals surface area contributed by atoms with Crippen LogP contribution >= 0.6 is 0 Å². The molecule has 3 N–H and O–H groups in total. The van der Waals surface area contributed by atoms with Crippen LogP contribution in [0.5, 0.6) is 0 Å². The van der Waals surface area contributed by atoms with E-state index in [1.807, 2.05) is 31.3 Å². The third-order valence-corrected chi connectivity index (χ3v) is 6.23. The van der Waals surface area contributed by atoms with E-state index in [0.29, 0.717) is 12.4 Å². The molecule has 1 atom stereocenters. The van der Waals surface area contributed by atoms with Gasteiger partial charge in [0.05, 0.1) is 24.5 Å². The fraction of sp³-hybridized carbons (Fsp3) is 0.385. The van der Waals surface area contributed by atoms with Crippen LogP contribution in [0.1, 0.15) is 12.8 Å². The first-order valence-electron chi connectivity index (χ1n) is 11.6. The number of rotatable bonds is 9. The molecule has 1 aromatic carbocycles. The number of nitrogens with zero attached hydrogens (tertiary/aromatic N) is 5. The molecule has 0 fully saturated rings. The molecule has 0 saturated carbocycles. The van der Waals surface area contributed by atoms with Crippen molar-refractivity contribution in [2.24, 2.45) is 12.8 Å². The highest BCUT2D eigenvalue weighted by Gasteiger charge is 2.24. The Morgan fingerprint density at radius 3 is 2.74 bits per heavy atom. The molecule has 8 nitrogen and oxygen atoms in total. The molecule has 1 aliphatic rings. The molecule has 1 unspecified atom stereocenters. The van der Waals surface area contributed by atoms with Gasteiger partial charge in [0.2, 0.25) is 5.95 Å². The highest BCUT2D eigenvalue weighted by Crippen LogP contribution is 2.30. The van der Waals surface area contributed by atoms with Crippen molar-refractivity contribution < 1.29 is 4.74 Å². The largest absolute Gasteiger partial charge is 0.495 e. The molecular weight excluding hydrogens is 426 g/mol. The Hall–Kier alpha value is -3.36. The Kier molecular flexibility index (Phi) is 7.19. The molecule has 3 aromatic rings. The van der Waals surface area contributed by atoms with Gasteiger partial charge in [-0.3, -0.25) is 0 Å². The second-order valence-corrected chi connectivity index (χ2v) is 9.07. The van der Waals surface area contributed by atoms with Gasteiger partial charge in [0.1, 0.15) is 5.76 Å². The molecule has 0 spiro atoms. The number of likely N-dealkylation sites (N-methyl/N-ethyl adjacent to an activating group) is 1. The van der Waals surface area contributed by atoms with Crippen molar-refractivity contribution in [2.75, 3.05) is 46.7 Å². The lowest BCUT2D eigenvalue weighted by Crippen LogP contribution is -2.37. The predicted octanol–water partition coefficient (Wildman–Crippen LogP) is 3.40. The van der Waals surface area contributed by atoms with Gasteiger partial charge in [-0.05, 0) is 39.2 Å². The number of aryl methyl sites for hydroxylation is 1. The van der Waals surface area contributed by atoms with E-state index in [1.54, 1.807) is 13.3 Å². The lowest BCUT2D eigenvalue weighted by atomic mass is 10.0. The number of hydrogen-bond acceptors (Lipinski definition) is 7. The van der Waals surface area contributed by atoms with Crippen LogP contribution in [0.15, 0.2) is 66.0 Å². The van der Waals surface area contributed by atoms with Gasteiger partial charge in [-0.1, -0.05) is 18.2 Å². The first-order valence-corrected chi connectivity index (χ1v) is 11.6. The number of hydrogen-bond donors (Lipinski definition) is 2. The molecule has 0 saturated heterocycles. The molecule has 8 heteroatoms. The minimum Gasteiger partial charge on any atom is -0.495 e. The average Bonchev–Trinajstić information content (AvgIpc) is 3.16. The topological polar surface area (TPSA) is 84.5 Å². The number of fused-ring (bicyclic) bond motifs is 1. The number of anilines is 1. The van der Waals surface area contributed by atoms with Crippen LogP contribution in [0, 0.1) is 0 Å². The quantitative estimate of drug-likeness (QED) is 0.505. The molecule has 0 bridgehead atoms. The molecule has 4 rings (SSSR count). The van der Waals surface area contributed by atoms with Gasteiger partial charge in [-0.2, -0.15) is 0 Å². The monoisotopic (exact) mass is 461 g/mol. The Balaban J connectivity index is 1.57. The molecule has 0 amide bonds. The normalized spacial score (nSPS) is 16.2. The zero-order chi connectivity index (χ0) is 24.2. The van der Waals surface area contributed by atoms with E-state index in [0.717, 1.165) is 53.3 Å². The van der Waals surface area contributed by atoms with Crippen LogP contribution in [0.3, 0.4) is 0 Å². The van der Waals surface area contributed by atoms with Gasteiger partial charge in [0.15, 0.2) is 0 Å². The minimum absolute atomic E-state index is 0.132. The van der Waals surface area contributed by atoms with Crippen LogP contribution in [-0.4, -0.2) is 71.7 Å². The lowest BCUT2D eigenvalue weighted by molar-refractivity contribution is 0.285. The molecule has 2 aromatic heterocycles. The maximum atomic E-state index is 6.56. The third kappa shape index (κ3) is 5.08. The van der Waals surface area contributed by atoms with Gasteiger partial charge in [0, 0.05) is 67.7 Å². The van der Waals surface area contributed by atoms with E-state index in [1.165, 1.54) is 5.52 Å². The summed E-state index contributed by atoms with van der Waals surface area (Å²) in [5, 5.41) is 4.53. The number of aromatic nitrogens is 3. The van der Waals surface area contributed by atoms with Crippen molar-refractivity contribution in [1.29, 1.82) is 0 Å². The fourth-order valence-corrected chi connectivity index (χ4v) is 4.44. The third-order valence-electron chi connectivity index (χ3n) is 6.23. The summed E-state index contributed by atoms with van der Waals surface area (Å²) in [6, 6.07) is 10.1. The van der Waals surface area contributed by atoms with Crippen molar-refractivity contribution in [3.05, 3.63) is 66.0 Å². The van der Waals surface area contributed by atoms with E-state index in [-0.39, 0.29) is 6.04 Å². The molecule has 0 aliphatic heterocycles. The summed E-state index contributed by atoms with van der Waals surface area (Å²) in [7, 11) is 10.00. The van der Waals surface area contributed by atoms with E-state index in [4.69, 9.17) is 15.5 Å². The molecule has 0 radical (unpaired) electrons. The first kappa shape index (κ1) is 23.8. The van der Waals surface area contributed by atoms with Gasteiger partial charge in [0.25, 0.3) is 0 Å². The second kappa shape index (κ2) is 10.3. The van der Waals surface area contributed by atoms with Crippen molar-refractivity contribution in [1.82, 2.24) is 24.3 Å². The molecule has 1 aliphatic carbocycles. The average molecular weight is 462 g/mol. The summed E-state index contributed by atoms with van der Waals surface area (Å²) < 4.78 is 7.83. The summed E-state index contributed by atoms with van der Waals surface area (Å²) in [5.41, 5.74) is 11.6. The van der Waals surface area contributed by atoms with Crippen molar-refractivity contribution in [3.63, 3.8) is 0 Å². The molecule has 2 heterocycles. The molecule has 180 valence electrons. The maximum Gasteiger partial charge on any atom is 0.227 e. The number of para-hydroxylation sites is 1. The van der Waals surface area contributed by atoms with Crippen LogP contribution in [0.4, 0.5) is 5.95 Å². The van der Waals surface area contributed by atoms with Crippen molar-refractivity contribution in [3.8, 4) is 11.3 Å². The standard InChI is InChI=1S/C26H35N7O/c1-31(2)13-8-14-32(3)24-16-25(34-5)22(15-20(24)27)30-26-28-12-11-21(29-26)19-17-33(4)23-10-7-6-9-18(19)23/h6-7,9-12,16-17,20H,8,13-15,27H2,1-5H3,(H,28,29,30). The van der Waals surface area contributed by atoms with E-state index in [9.17, 15) is 0 Å². The van der Waals surface area contributed by atoms with Gasteiger partial charge < -0.3 is 30.2 Å². The number of nitrogens with two attached hydrogens (primary N) is 1. The summed E-state index contributed by atoms with van der Waals surface area (Å²) in [6.07, 6.45) is 7.60. The van der Waals surface area contributed by atoms with Crippen LogP contribution in [0.2, 0.25) is 0 Å². The fourth-order valence-electron chi connectivity index (χ4n) is 4.44. The Bertz CT molecular complexity index is 1210. The van der Waals surface area contributed by atoms with Crippen molar-refractivity contribution in [2.45, 2.75) is 18.9 Å². The highest BCUT2D eigenvalue weighted by molar-refractivity contribution is 5.95. The summed E-state index contributed by atoms with van der Waals surface area (Å²) in [6.45, 7) is 1.98. The smallest absolute Gasteiger partial charge is 0.227 e. The highest BCUT2D eigenvalue weighted by atomic mass is 16.5. The Morgan fingerprint density at radius 2 is 1.97 bits per heavy atom. The zero-order valence-electron chi connectivity index (χ0n) is 20.7. The summed E-state index contributed by atoms with van der Waals surface area (Å²) in [5.74, 6) is 1.29. The summed E-state index contributed by atoms with van der Waals surface area (Å²) in [4.78, 5) is 13.7. The van der Waals surface area contributed by atoms with Crippen LogP contribution in [-0.2, 0) is 11.8 Å². The molecule has 34 heavy (non-hydrogen) atoms. The number of benzene rings is 1. The Labute approximate surface area is 201 Å². The maximum absolute atomic E-state index is 6.56. The van der Waals surface area contributed by atoms with Crippen LogP contribution < -0.4 is 11.1 Å². The van der Waals surface area contributed by atoms with Crippen LogP contribution in [0.25, 0.3) is 22.2 Å². The number of nitrogens with one attached hydrogen (secondary N) is 1. The van der Waals surface area contributed by atoms with E-state index in [2.05, 4.69) is 64.1 Å². The van der Waals surface area contributed by atoms with E-state index >= 15 is 0 Å². The lowest BCUT2D eigenvalue weighted by Gasteiger charge is -2.32. The Morgan fingerprint density at radius 1 is 1.18 bits per heavy atom. The number of ether oxygens (including phenoxy) is 1. The van der Waals surface area contributed by atoms with E-state index < -0.39 is 0 Å². The zero-order valence-corrected chi connectivity index (χ0v) is 20.7. The first-order chi connectivity index (χ1) is 16.4. The van der Waals surface area contributed by atoms with Crippen molar-refractivity contribution >= 4 is 16.9 Å². The van der Waals surface area contributed by atoms with Gasteiger partial charge in [-0.15, -0.1) is 0 Å². The summed E-state index contributed by atoms with van der Waals surface area (Å²) >= 11 is 0. The van der Waals surface area contributed by atoms with Gasteiger partial charge >= 0.3 is 0 Å². The predicted molar refractivity (Wildman–Crippen MR) is 138 cm³/mol. The van der Waals surface area contributed by atoms with Gasteiger partial charge in [-0.25, -0.2) is 9.97 Å². The SMILES string of the molecule is COC1=C(Nc2nccc(-c3cn(C)c4ccccc34)n2)CC(N)C(N(C)CCCN(C)C)=C1. The minimum atomic E-state index is -0.132.